The van der Waals surface area contributed by atoms with E-state index < -0.39 is 0 Å². The molecule has 1 aliphatic heterocycles. The molecule has 0 aromatic carbocycles. The SMILES string of the molecule is CCc1ccc(CN2CCCC(c3nnc(Cn4ccnc4)n3C)C2)nc1. The van der Waals surface area contributed by atoms with Gasteiger partial charge in [-0.1, -0.05) is 13.0 Å². The fourth-order valence-corrected chi connectivity index (χ4v) is 3.81. The zero-order valence-corrected chi connectivity index (χ0v) is 16.1. The van der Waals surface area contributed by atoms with Crippen molar-refractivity contribution in [3.63, 3.8) is 0 Å². The largest absolute Gasteiger partial charge is 0.330 e. The van der Waals surface area contributed by atoms with Crippen LogP contribution in [0.5, 0.6) is 0 Å². The zero-order valence-electron chi connectivity index (χ0n) is 16.1. The van der Waals surface area contributed by atoms with Crippen molar-refractivity contribution in [1.82, 2.24) is 34.2 Å². The van der Waals surface area contributed by atoms with E-state index in [1.807, 2.05) is 23.3 Å². The highest BCUT2D eigenvalue weighted by molar-refractivity contribution is 5.14. The first kappa shape index (κ1) is 17.9. The van der Waals surface area contributed by atoms with E-state index in [1.165, 1.54) is 12.0 Å². The summed E-state index contributed by atoms with van der Waals surface area (Å²) in [4.78, 5) is 11.2. The van der Waals surface area contributed by atoms with Crippen LogP contribution < -0.4 is 0 Å². The van der Waals surface area contributed by atoms with E-state index in [0.29, 0.717) is 12.5 Å². The minimum Gasteiger partial charge on any atom is -0.330 e. The van der Waals surface area contributed by atoms with Crippen molar-refractivity contribution in [1.29, 1.82) is 0 Å². The summed E-state index contributed by atoms with van der Waals surface area (Å²) in [7, 11) is 2.07. The number of aromatic nitrogens is 6. The second-order valence-electron chi connectivity index (χ2n) is 7.35. The Hall–Kier alpha value is -2.54. The maximum Gasteiger partial charge on any atom is 0.152 e. The van der Waals surface area contributed by atoms with Crippen LogP contribution in [0, 0.1) is 0 Å². The highest BCUT2D eigenvalue weighted by Crippen LogP contribution is 2.26. The Morgan fingerprint density at radius 1 is 1.19 bits per heavy atom. The summed E-state index contributed by atoms with van der Waals surface area (Å²) in [6, 6.07) is 4.35. The highest BCUT2D eigenvalue weighted by Gasteiger charge is 2.26. The lowest BCUT2D eigenvalue weighted by Crippen LogP contribution is -2.35. The van der Waals surface area contributed by atoms with Gasteiger partial charge in [0.1, 0.15) is 5.82 Å². The first-order chi connectivity index (χ1) is 13.2. The van der Waals surface area contributed by atoms with Gasteiger partial charge in [0.05, 0.1) is 18.6 Å². The van der Waals surface area contributed by atoms with Gasteiger partial charge in [-0.15, -0.1) is 10.2 Å². The number of hydrogen-bond donors (Lipinski definition) is 0. The lowest BCUT2D eigenvalue weighted by Gasteiger charge is -2.32. The molecule has 0 N–H and O–H groups in total. The molecule has 4 heterocycles. The van der Waals surface area contributed by atoms with Gasteiger partial charge in [-0.2, -0.15) is 0 Å². The van der Waals surface area contributed by atoms with Crippen molar-refractivity contribution in [2.24, 2.45) is 7.05 Å². The number of imidazole rings is 1. The van der Waals surface area contributed by atoms with Crippen LogP contribution in [0.1, 0.15) is 48.6 Å². The first-order valence-electron chi connectivity index (χ1n) is 9.73. The molecule has 0 radical (unpaired) electrons. The highest BCUT2D eigenvalue weighted by atomic mass is 15.3. The predicted molar refractivity (Wildman–Crippen MR) is 103 cm³/mol. The molecule has 1 saturated heterocycles. The maximum atomic E-state index is 4.62. The van der Waals surface area contributed by atoms with Crippen molar-refractivity contribution in [3.05, 3.63) is 60.0 Å². The number of pyridine rings is 1. The molecular formula is C20H27N7. The molecule has 0 saturated carbocycles. The number of rotatable bonds is 6. The fourth-order valence-electron chi connectivity index (χ4n) is 3.81. The van der Waals surface area contributed by atoms with Gasteiger partial charge in [-0.25, -0.2) is 4.98 Å². The van der Waals surface area contributed by atoms with Crippen molar-refractivity contribution in [2.75, 3.05) is 13.1 Å². The summed E-state index contributed by atoms with van der Waals surface area (Å²) in [6.45, 7) is 5.89. The molecule has 1 atom stereocenters. The van der Waals surface area contributed by atoms with Gasteiger partial charge in [0.15, 0.2) is 5.82 Å². The molecule has 27 heavy (non-hydrogen) atoms. The summed E-state index contributed by atoms with van der Waals surface area (Å²) in [5.74, 6) is 2.48. The lowest BCUT2D eigenvalue weighted by molar-refractivity contribution is 0.193. The van der Waals surface area contributed by atoms with Gasteiger partial charge in [0.25, 0.3) is 0 Å². The third-order valence-corrected chi connectivity index (χ3v) is 5.43. The summed E-state index contributed by atoms with van der Waals surface area (Å²) in [6.07, 6.45) is 10.9. The minimum absolute atomic E-state index is 0.419. The topological polar surface area (TPSA) is 64.7 Å². The standard InChI is InChI=1S/C20H27N7/c1-3-16-6-7-18(22-11-16)13-26-9-4-5-17(12-26)20-24-23-19(25(20)2)14-27-10-8-21-15-27/h6-8,10-11,15,17H,3-5,9,12-14H2,1-2H3. The van der Waals surface area contributed by atoms with Gasteiger partial charge >= 0.3 is 0 Å². The molecule has 0 bridgehead atoms. The van der Waals surface area contributed by atoms with Crippen molar-refractivity contribution in [2.45, 2.75) is 45.2 Å². The predicted octanol–water partition coefficient (Wildman–Crippen LogP) is 2.40. The third-order valence-electron chi connectivity index (χ3n) is 5.43. The van der Waals surface area contributed by atoms with Crippen LogP contribution in [-0.4, -0.2) is 47.3 Å². The zero-order chi connectivity index (χ0) is 18.6. The van der Waals surface area contributed by atoms with Gasteiger partial charge in [0, 0.05) is 44.6 Å². The average Bonchev–Trinajstić information content (AvgIpc) is 3.33. The van der Waals surface area contributed by atoms with E-state index in [9.17, 15) is 0 Å². The normalized spacial score (nSPS) is 18.1. The molecule has 1 unspecified atom stereocenters. The molecule has 0 amide bonds. The van der Waals surface area contributed by atoms with E-state index in [1.54, 1.807) is 6.20 Å². The Kier molecular flexibility index (Phi) is 5.29. The minimum atomic E-state index is 0.419. The second kappa shape index (κ2) is 8.00. The summed E-state index contributed by atoms with van der Waals surface area (Å²) < 4.78 is 4.18. The number of hydrogen-bond acceptors (Lipinski definition) is 5. The second-order valence-corrected chi connectivity index (χ2v) is 7.35. The molecule has 0 aliphatic carbocycles. The van der Waals surface area contributed by atoms with Crippen LogP contribution >= 0.6 is 0 Å². The molecule has 4 rings (SSSR count). The Bertz CT molecular complexity index is 851. The Balaban J connectivity index is 1.42. The third kappa shape index (κ3) is 4.08. The summed E-state index contributed by atoms with van der Waals surface area (Å²) in [5.41, 5.74) is 2.44. The van der Waals surface area contributed by atoms with Gasteiger partial charge in [-0.05, 0) is 37.4 Å². The maximum absolute atomic E-state index is 4.62. The Morgan fingerprint density at radius 2 is 2.11 bits per heavy atom. The Labute approximate surface area is 160 Å². The molecule has 0 spiro atoms. The summed E-state index contributed by atoms with van der Waals surface area (Å²) >= 11 is 0. The van der Waals surface area contributed by atoms with Crippen molar-refractivity contribution >= 4 is 0 Å². The molecule has 7 nitrogen and oxygen atoms in total. The number of nitrogens with zero attached hydrogens (tertiary/aromatic N) is 7. The van der Waals surface area contributed by atoms with E-state index in [-0.39, 0.29) is 0 Å². The van der Waals surface area contributed by atoms with Crippen LogP contribution in [0.25, 0.3) is 0 Å². The molecule has 3 aromatic rings. The number of aryl methyl sites for hydroxylation is 1. The van der Waals surface area contributed by atoms with Crippen LogP contribution in [-0.2, 0) is 26.6 Å². The quantitative estimate of drug-likeness (QED) is 0.671. The van der Waals surface area contributed by atoms with Crippen LogP contribution in [0.3, 0.4) is 0 Å². The fraction of sp³-hybridized carbons (Fsp3) is 0.500. The molecule has 142 valence electrons. The average molecular weight is 365 g/mol. The molecular weight excluding hydrogens is 338 g/mol. The number of likely N-dealkylation sites (tertiary alicyclic amines) is 1. The van der Waals surface area contributed by atoms with Crippen LogP contribution in [0.4, 0.5) is 0 Å². The van der Waals surface area contributed by atoms with Gasteiger partial charge in [-0.3, -0.25) is 9.88 Å². The molecule has 3 aromatic heterocycles. The summed E-state index contributed by atoms with van der Waals surface area (Å²) in [5, 5.41) is 8.95. The lowest BCUT2D eigenvalue weighted by atomic mass is 9.97. The first-order valence-corrected chi connectivity index (χ1v) is 9.73. The molecule has 1 fully saturated rings. The van der Waals surface area contributed by atoms with E-state index in [4.69, 9.17) is 0 Å². The molecule has 1 aliphatic rings. The van der Waals surface area contributed by atoms with Crippen molar-refractivity contribution < 1.29 is 0 Å². The molecule has 7 heteroatoms. The van der Waals surface area contributed by atoms with E-state index in [0.717, 1.165) is 49.8 Å². The van der Waals surface area contributed by atoms with Gasteiger partial charge < -0.3 is 9.13 Å². The Morgan fingerprint density at radius 3 is 2.85 bits per heavy atom. The monoisotopic (exact) mass is 365 g/mol. The van der Waals surface area contributed by atoms with Crippen LogP contribution in [0.2, 0.25) is 0 Å². The van der Waals surface area contributed by atoms with Crippen LogP contribution in [0.15, 0.2) is 37.1 Å². The van der Waals surface area contributed by atoms with E-state index >= 15 is 0 Å². The number of piperidine rings is 1. The van der Waals surface area contributed by atoms with E-state index in [2.05, 4.69) is 55.7 Å². The smallest absolute Gasteiger partial charge is 0.152 e. The van der Waals surface area contributed by atoms with Gasteiger partial charge in [0.2, 0.25) is 0 Å². The van der Waals surface area contributed by atoms with Crippen molar-refractivity contribution in [3.8, 4) is 0 Å².